The van der Waals surface area contributed by atoms with Crippen LogP contribution in [0.5, 0.6) is 0 Å². The monoisotopic (exact) mass is 354 g/mol. The van der Waals surface area contributed by atoms with Crippen molar-refractivity contribution >= 4 is 11.6 Å². The van der Waals surface area contributed by atoms with Crippen LogP contribution in [0, 0.1) is 5.82 Å². The van der Waals surface area contributed by atoms with Crippen molar-refractivity contribution in [2.24, 2.45) is 0 Å². The van der Waals surface area contributed by atoms with E-state index in [9.17, 15) is 9.50 Å². The predicted molar refractivity (Wildman–Crippen MR) is 81.7 cm³/mol. The summed E-state index contributed by atoms with van der Waals surface area (Å²) in [6.45, 7) is 0.594. The SMILES string of the molecule is OC1C(NCc2ccncc2F)C2COC(O2)C1n1cc(Cl)cn1. The first-order valence-corrected chi connectivity index (χ1v) is 7.98. The van der Waals surface area contributed by atoms with Crippen molar-refractivity contribution in [2.75, 3.05) is 6.61 Å². The van der Waals surface area contributed by atoms with E-state index in [-0.39, 0.29) is 12.6 Å². The second-order valence-corrected chi connectivity index (χ2v) is 6.31. The fourth-order valence-corrected chi connectivity index (χ4v) is 3.33. The number of aliphatic hydroxyl groups excluding tert-OH is 1. The second-order valence-electron chi connectivity index (χ2n) is 5.87. The third-order valence-corrected chi connectivity index (χ3v) is 4.59. The number of aromatic nitrogens is 3. The molecule has 7 nitrogen and oxygen atoms in total. The van der Waals surface area contributed by atoms with E-state index in [0.717, 1.165) is 6.20 Å². The van der Waals surface area contributed by atoms with Crippen LogP contribution >= 0.6 is 11.6 Å². The predicted octanol–water partition coefficient (Wildman–Crippen LogP) is 0.886. The number of nitrogens with one attached hydrogen (secondary N) is 1. The van der Waals surface area contributed by atoms with Crippen LogP contribution in [0.4, 0.5) is 4.39 Å². The molecule has 0 saturated carbocycles. The lowest BCUT2D eigenvalue weighted by Crippen LogP contribution is -2.57. The number of fused-ring (bicyclic) bond motifs is 2. The summed E-state index contributed by atoms with van der Waals surface area (Å²) in [5, 5.41) is 18.6. The van der Waals surface area contributed by atoms with Crippen LogP contribution in [-0.4, -0.2) is 51.0 Å². The zero-order valence-corrected chi connectivity index (χ0v) is 13.3. The molecule has 9 heteroatoms. The zero-order chi connectivity index (χ0) is 16.7. The highest BCUT2D eigenvalue weighted by atomic mass is 35.5. The normalized spacial score (nSPS) is 32.2. The highest BCUT2D eigenvalue weighted by molar-refractivity contribution is 6.30. The molecule has 2 saturated heterocycles. The molecule has 2 aliphatic heterocycles. The van der Waals surface area contributed by atoms with Gasteiger partial charge in [-0.2, -0.15) is 5.10 Å². The molecular formula is C15H16ClFN4O3. The van der Waals surface area contributed by atoms with Crippen LogP contribution < -0.4 is 5.32 Å². The molecule has 0 aliphatic carbocycles. The molecule has 2 fully saturated rings. The highest BCUT2D eigenvalue weighted by Crippen LogP contribution is 2.35. The van der Waals surface area contributed by atoms with E-state index in [0.29, 0.717) is 17.2 Å². The summed E-state index contributed by atoms with van der Waals surface area (Å²) in [6.07, 6.45) is 4.07. The Hall–Kier alpha value is -1.58. The molecule has 24 heavy (non-hydrogen) atoms. The van der Waals surface area contributed by atoms with Crippen LogP contribution in [-0.2, 0) is 16.0 Å². The van der Waals surface area contributed by atoms with Gasteiger partial charge in [0.15, 0.2) is 6.29 Å². The number of aliphatic hydroxyl groups is 1. The summed E-state index contributed by atoms with van der Waals surface area (Å²) >= 11 is 5.91. The van der Waals surface area contributed by atoms with Gasteiger partial charge in [-0.3, -0.25) is 9.67 Å². The molecule has 2 bridgehead atoms. The molecule has 0 radical (unpaired) electrons. The maximum atomic E-state index is 13.7. The van der Waals surface area contributed by atoms with Gasteiger partial charge in [-0.25, -0.2) is 4.39 Å². The first-order chi connectivity index (χ1) is 11.6. The quantitative estimate of drug-likeness (QED) is 0.848. The molecule has 5 unspecified atom stereocenters. The minimum atomic E-state index is -0.822. The van der Waals surface area contributed by atoms with Crippen LogP contribution in [0.1, 0.15) is 11.6 Å². The Balaban J connectivity index is 1.53. The van der Waals surface area contributed by atoms with Crippen LogP contribution in [0.25, 0.3) is 0 Å². The van der Waals surface area contributed by atoms with Gasteiger partial charge < -0.3 is 19.9 Å². The molecule has 5 atom stereocenters. The van der Waals surface area contributed by atoms with E-state index in [2.05, 4.69) is 15.4 Å². The minimum absolute atomic E-state index is 0.243. The molecule has 0 spiro atoms. The summed E-state index contributed by atoms with van der Waals surface area (Å²) < 4.78 is 26.7. The van der Waals surface area contributed by atoms with Crippen molar-refractivity contribution in [3.63, 3.8) is 0 Å². The Morgan fingerprint density at radius 1 is 1.46 bits per heavy atom. The maximum absolute atomic E-state index is 13.7. The lowest BCUT2D eigenvalue weighted by molar-refractivity contribution is -0.168. The molecule has 2 aromatic rings. The fourth-order valence-electron chi connectivity index (χ4n) is 3.19. The topological polar surface area (TPSA) is 81.4 Å². The third-order valence-electron chi connectivity index (χ3n) is 4.39. The maximum Gasteiger partial charge on any atom is 0.183 e. The molecule has 0 aromatic carbocycles. The second kappa shape index (κ2) is 6.38. The number of hydrogen-bond acceptors (Lipinski definition) is 6. The van der Waals surface area contributed by atoms with Crippen LogP contribution in [0.3, 0.4) is 0 Å². The Bertz CT molecular complexity index is 730. The first kappa shape index (κ1) is 15.9. The van der Waals surface area contributed by atoms with Crippen molar-refractivity contribution in [1.29, 1.82) is 0 Å². The fraction of sp³-hybridized carbons (Fsp3) is 0.467. The number of halogens is 2. The van der Waals surface area contributed by atoms with Gasteiger partial charge in [-0.05, 0) is 6.07 Å². The molecule has 4 heterocycles. The van der Waals surface area contributed by atoms with Crippen molar-refractivity contribution < 1.29 is 19.0 Å². The van der Waals surface area contributed by atoms with Gasteiger partial charge in [-0.1, -0.05) is 11.6 Å². The van der Waals surface area contributed by atoms with E-state index in [1.165, 1.54) is 12.4 Å². The van der Waals surface area contributed by atoms with Gasteiger partial charge in [0.2, 0.25) is 0 Å². The molecule has 2 aromatic heterocycles. The zero-order valence-electron chi connectivity index (χ0n) is 12.5. The van der Waals surface area contributed by atoms with Crippen LogP contribution in [0.2, 0.25) is 5.02 Å². The summed E-state index contributed by atoms with van der Waals surface area (Å²) in [7, 11) is 0. The average molecular weight is 355 g/mol. The van der Waals surface area contributed by atoms with Gasteiger partial charge in [0.05, 0.1) is 36.2 Å². The Morgan fingerprint density at radius 3 is 3.08 bits per heavy atom. The molecular weight excluding hydrogens is 339 g/mol. The molecule has 2 N–H and O–H groups in total. The standard InChI is InChI=1S/C15H16ClFN4O3/c16-9-4-20-21(6-9)13-14(22)12(11-7-23-15(13)24-11)19-3-8-1-2-18-5-10(8)17/h1-2,4-6,11-15,19,22H,3,7H2. The van der Waals surface area contributed by atoms with E-state index in [1.807, 2.05) is 0 Å². The van der Waals surface area contributed by atoms with Gasteiger partial charge in [0.25, 0.3) is 0 Å². The molecule has 128 valence electrons. The van der Waals surface area contributed by atoms with Crippen molar-refractivity contribution in [3.8, 4) is 0 Å². The van der Waals surface area contributed by atoms with Crippen molar-refractivity contribution in [3.05, 3.63) is 47.3 Å². The smallest absolute Gasteiger partial charge is 0.183 e. The number of rotatable bonds is 4. The number of pyridine rings is 1. The highest BCUT2D eigenvalue weighted by Gasteiger charge is 2.51. The molecule has 0 amide bonds. The van der Waals surface area contributed by atoms with Gasteiger partial charge in [0.1, 0.15) is 18.0 Å². The van der Waals surface area contributed by atoms with Gasteiger partial charge in [-0.15, -0.1) is 0 Å². The lowest BCUT2D eigenvalue weighted by Gasteiger charge is -2.38. The largest absolute Gasteiger partial charge is 0.389 e. The molecule has 2 aliphatic rings. The van der Waals surface area contributed by atoms with Crippen molar-refractivity contribution in [1.82, 2.24) is 20.1 Å². The van der Waals surface area contributed by atoms with E-state index < -0.39 is 30.3 Å². The summed E-state index contributed by atoms with van der Waals surface area (Å²) in [6, 6.07) is 0.636. The minimum Gasteiger partial charge on any atom is -0.389 e. The Labute approximate surface area is 142 Å². The Kier molecular flexibility index (Phi) is 4.23. The van der Waals surface area contributed by atoms with E-state index in [4.69, 9.17) is 21.1 Å². The van der Waals surface area contributed by atoms with Gasteiger partial charge in [0, 0.05) is 24.5 Å². The lowest BCUT2D eigenvalue weighted by atomic mass is 9.96. The van der Waals surface area contributed by atoms with Crippen LogP contribution in [0.15, 0.2) is 30.9 Å². The number of hydrogen-bond donors (Lipinski definition) is 2. The number of nitrogens with zero attached hydrogens (tertiary/aromatic N) is 3. The third kappa shape index (κ3) is 2.80. The summed E-state index contributed by atoms with van der Waals surface area (Å²) in [4.78, 5) is 3.73. The Morgan fingerprint density at radius 2 is 2.33 bits per heavy atom. The van der Waals surface area contributed by atoms with Gasteiger partial charge >= 0.3 is 0 Å². The van der Waals surface area contributed by atoms with E-state index in [1.54, 1.807) is 16.9 Å². The van der Waals surface area contributed by atoms with E-state index >= 15 is 0 Å². The number of ether oxygens (including phenoxy) is 2. The van der Waals surface area contributed by atoms with Crippen molar-refractivity contribution in [2.45, 2.75) is 37.1 Å². The summed E-state index contributed by atoms with van der Waals surface area (Å²) in [5.74, 6) is -0.396. The molecule has 4 rings (SSSR count). The first-order valence-electron chi connectivity index (χ1n) is 7.60. The summed E-state index contributed by atoms with van der Waals surface area (Å²) in [5.41, 5.74) is 0.469. The average Bonchev–Trinajstić information content (AvgIpc) is 3.17.